The highest BCUT2D eigenvalue weighted by Crippen LogP contribution is 2.27. The fraction of sp³-hybridized carbons (Fsp3) is 0. The minimum Gasteiger partial charge on any atom is -0.502 e. The molecule has 0 saturated carbocycles. The number of nitriles is 1. The fourth-order valence-electron chi connectivity index (χ4n) is 1.82. The maximum atomic E-state index is 12.1. The molecule has 7 nitrogen and oxygen atoms in total. The molecule has 24 heavy (non-hydrogen) atoms. The first-order valence-corrected chi connectivity index (χ1v) is 6.94. The van der Waals surface area contributed by atoms with Crippen LogP contribution in [0.15, 0.2) is 48.0 Å². The molecule has 0 bridgehead atoms. The predicted molar refractivity (Wildman–Crippen MR) is 88.4 cm³/mol. The summed E-state index contributed by atoms with van der Waals surface area (Å²) >= 11 is 5.75. The van der Waals surface area contributed by atoms with Crippen LogP contribution in [-0.2, 0) is 4.79 Å². The second-order valence-electron chi connectivity index (χ2n) is 4.64. The van der Waals surface area contributed by atoms with Gasteiger partial charge in [-0.15, -0.1) is 0 Å². The van der Waals surface area contributed by atoms with Gasteiger partial charge in [-0.05, 0) is 42.0 Å². The maximum Gasteiger partial charge on any atom is 0.311 e. The van der Waals surface area contributed by atoms with E-state index in [2.05, 4.69) is 5.32 Å². The fourth-order valence-corrected chi connectivity index (χ4v) is 1.95. The Morgan fingerprint density at radius 3 is 2.54 bits per heavy atom. The summed E-state index contributed by atoms with van der Waals surface area (Å²) in [5, 5.41) is 32.4. The van der Waals surface area contributed by atoms with Gasteiger partial charge in [-0.3, -0.25) is 14.9 Å². The Labute approximate surface area is 141 Å². The van der Waals surface area contributed by atoms with Crippen molar-refractivity contribution in [3.05, 3.63) is 68.7 Å². The molecule has 2 N–H and O–H groups in total. The first-order valence-electron chi connectivity index (χ1n) is 6.57. The molecule has 0 atom stereocenters. The van der Waals surface area contributed by atoms with Crippen LogP contribution >= 0.6 is 11.6 Å². The van der Waals surface area contributed by atoms with Crippen LogP contribution < -0.4 is 5.32 Å². The third-order valence-corrected chi connectivity index (χ3v) is 3.23. The zero-order valence-electron chi connectivity index (χ0n) is 12.1. The Balaban J connectivity index is 2.27. The molecule has 0 aromatic heterocycles. The van der Waals surface area contributed by atoms with Crippen molar-refractivity contribution < 1.29 is 14.8 Å². The number of carbonyl (C=O) groups excluding carboxylic acids is 1. The third-order valence-electron chi connectivity index (χ3n) is 2.97. The van der Waals surface area contributed by atoms with Crippen LogP contribution in [0.5, 0.6) is 5.75 Å². The largest absolute Gasteiger partial charge is 0.502 e. The van der Waals surface area contributed by atoms with Crippen molar-refractivity contribution in [1.29, 1.82) is 5.26 Å². The van der Waals surface area contributed by atoms with Crippen LogP contribution in [0, 0.1) is 21.4 Å². The SMILES string of the molecule is N#CC(=Cc1ccc(O)c([N+](=O)[O-])c1)C(=O)Nc1ccc(Cl)cc1. The van der Waals surface area contributed by atoms with Crippen LogP contribution in [0.3, 0.4) is 0 Å². The molecule has 0 saturated heterocycles. The van der Waals surface area contributed by atoms with Gasteiger partial charge in [0.05, 0.1) is 4.92 Å². The van der Waals surface area contributed by atoms with E-state index < -0.39 is 22.3 Å². The summed E-state index contributed by atoms with van der Waals surface area (Å²) in [7, 11) is 0. The van der Waals surface area contributed by atoms with Gasteiger partial charge < -0.3 is 10.4 Å². The van der Waals surface area contributed by atoms with Crippen LogP contribution in [0.25, 0.3) is 6.08 Å². The lowest BCUT2D eigenvalue weighted by molar-refractivity contribution is -0.385. The Morgan fingerprint density at radius 1 is 1.29 bits per heavy atom. The second kappa shape index (κ2) is 7.26. The lowest BCUT2D eigenvalue weighted by atomic mass is 10.1. The van der Waals surface area contributed by atoms with Crippen molar-refractivity contribution in [2.24, 2.45) is 0 Å². The number of nitro groups is 1. The monoisotopic (exact) mass is 343 g/mol. The smallest absolute Gasteiger partial charge is 0.311 e. The number of phenols is 1. The number of carbonyl (C=O) groups is 1. The van der Waals surface area contributed by atoms with E-state index in [9.17, 15) is 20.0 Å². The average Bonchev–Trinajstić information content (AvgIpc) is 2.55. The Kier molecular flexibility index (Phi) is 5.14. The molecule has 0 aliphatic carbocycles. The van der Waals surface area contributed by atoms with Gasteiger partial charge in [-0.2, -0.15) is 5.26 Å². The molecule has 2 aromatic carbocycles. The molecule has 0 heterocycles. The zero-order valence-corrected chi connectivity index (χ0v) is 12.8. The molecule has 1 amide bonds. The molecule has 0 fully saturated rings. The molecule has 8 heteroatoms. The van der Waals surface area contributed by atoms with Gasteiger partial charge in [-0.1, -0.05) is 17.7 Å². The Bertz CT molecular complexity index is 870. The number of hydrogen-bond donors (Lipinski definition) is 2. The highest BCUT2D eigenvalue weighted by atomic mass is 35.5. The molecule has 2 aromatic rings. The Hall–Kier alpha value is -3.37. The molecular formula is C16H10ClN3O4. The van der Waals surface area contributed by atoms with E-state index in [0.717, 1.165) is 12.1 Å². The van der Waals surface area contributed by atoms with Gasteiger partial charge in [0.25, 0.3) is 5.91 Å². The average molecular weight is 344 g/mol. The van der Waals surface area contributed by atoms with E-state index in [-0.39, 0.29) is 11.1 Å². The van der Waals surface area contributed by atoms with Gasteiger partial charge in [0.2, 0.25) is 0 Å². The van der Waals surface area contributed by atoms with E-state index in [0.29, 0.717) is 10.7 Å². The number of aromatic hydroxyl groups is 1. The van der Waals surface area contributed by atoms with Crippen molar-refractivity contribution in [1.82, 2.24) is 0 Å². The molecule has 0 unspecified atom stereocenters. The van der Waals surface area contributed by atoms with Gasteiger partial charge >= 0.3 is 5.69 Å². The Morgan fingerprint density at radius 2 is 1.96 bits per heavy atom. The summed E-state index contributed by atoms with van der Waals surface area (Å²) in [5.41, 5.74) is -0.0753. The topological polar surface area (TPSA) is 116 Å². The summed E-state index contributed by atoms with van der Waals surface area (Å²) in [4.78, 5) is 22.1. The number of anilines is 1. The number of halogens is 1. The number of benzene rings is 2. The lowest BCUT2D eigenvalue weighted by Crippen LogP contribution is -2.13. The normalized spacial score (nSPS) is 10.8. The third kappa shape index (κ3) is 4.09. The van der Waals surface area contributed by atoms with E-state index in [4.69, 9.17) is 16.9 Å². The minimum atomic E-state index is -0.757. The van der Waals surface area contributed by atoms with Crippen molar-refractivity contribution in [3.63, 3.8) is 0 Å². The standard InChI is InChI=1S/C16H10ClN3O4/c17-12-2-4-13(5-3-12)19-16(22)11(9-18)7-10-1-6-15(21)14(8-10)20(23)24/h1-8,21H,(H,19,22). The van der Waals surface area contributed by atoms with Gasteiger partial charge in [0.15, 0.2) is 5.75 Å². The molecule has 120 valence electrons. The van der Waals surface area contributed by atoms with Crippen molar-refractivity contribution in [2.75, 3.05) is 5.32 Å². The number of nitro benzene ring substituents is 1. The van der Waals surface area contributed by atoms with E-state index in [1.807, 2.05) is 0 Å². The quantitative estimate of drug-likeness (QED) is 0.381. The highest BCUT2D eigenvalue weighted by molar-refractivity contribution is 6.30. The first-order chi connectivity index (χ1) is 11.4. The van der Waals surface area contributed by atoms with Crippen LogP contribution in [0.4, 0.5) is 11.4 Å². The maximum absolute atomic E-state index is 12.1. The van der Waals surface area contributed by atoms with Gasteiger partial charge in [0, 0.05) is 16.8 Å². The highest BCUT2D eigenvalue weighted by Gasteiger charge is 2.15. The first kappa shape index (κ1) is 17.0. The molecule has 2 rings (SSSR count). The summed E-state index contributed by atoms with van der Waals surface area (Å²) in [5.74, 6) is -1.17. The summed E-state index contributed by atoms with van der Waals surface area (Å²) in [6.07, 6.45) is 1.19. The number of hydrogen-bond acceptors (Lipinski definition) is 5. The van der Waals surface area contributed by atoms with Crippen molar-refractivity contribution in [2.45, 2.75) is 0 Å². The van der Waals surface area contributed by atoms with Crippen LogP contribution in [0.2, 0.25) is 5.02 Å². The molecule has 0 aliphatic heterocycles. The number of nitrogens with one attached hydrogen (secondary N) is 1. The zero-order chi connectivity index (χ0) is 17.7. The molecule has 0 aliphatic rings. The van der Waals surface area contributed by atoms with Crippen LogP contribution in [0.1, 0.15) is 5.56 Å². The van der Waals surface area contributed by atoms with Crippen LogP contribution in [-0.4, -0.2) is 15.9 Å². The minimum absolute atomic E-state index is 0.238. The van der Waals surface area contributed by atoms with E-state index >= 15 is 0 Å². The number of phenolic OH excluding ortho intramolecular Hbond substituents is 1. The van der Waals surface area contributed by atoms with E-state index in [1.165, 1.54) is 12.1 Å². The number of nitrogens with zero attached hydrogens (tertiary/aromatic N) is 2. The number of amides is 1. The van der Waals surface area contributed by atoms with Gasteiger partial charge in [0.1, 0.15) is 11.6 Å². The van der Waals surface area contributed by atoms with Gasteiger partial charge in [-0.25, -0.2) is 0 Å². The summed E-state index contributed by atoms with van der Waals surface area (Å²) in [6, 6.07) is 11.6. The summed E-state index contributed by atoms with van der Waals surface area (Å²) < 4.78 is 0. The van der Waals surface area contributed by atoms with Crippen molar-refractivity contribution >= 4 is 35.0 Å². The lowest BCUT2D eigenvalue weighted by Gasteiger charge is -2.04. The molecule has 0 spiro atoms. The summed E-state index contributed by atoms with van der Waals surface area (Å²) in [6.45, 7) is 0. The molecule has 0 radical (unpaired) electrons. The van der Waals surface area contributed by atoms with E-state index in [1.54, 1.807) is 30.3 Å². The molecular weight excluding hydrogens is 334 g/mol. The van der Waals surface area contributed by atoms with Crippen molar-refractivity contribution in [3.8, 4) is 11.8 Å². The second-order valence-corrected chi connectivity index (χ2v) is 5.07. The predicted octanol–water partition coefficient (Wildman–Crippen LogP) is 3.50. The number of rotatable bonds is 4.